The molecule has 0 radical (unpaired) electrons. The van der Waals surface area contributed by atoms with Gasteiger partial charge in [0.2, 0.25) is 0 Å². The number of nitrogens with zero attached hydrogens (tertiary/aromatic N) is 3. The number of nitrogens with one attached hydrogen (secondary N) is 1. The second-order valence-electron chi connectivity index (χ2n) is 10.0. The van der Waals surface area contributed by atoms with Gasteiger partial charge in [-0.15, -0.1) is 0 Å². The van der Waals surface area contributed by atoms with Gasteiger partial charge in [-0.25, -0.2) is 4.79 Å². The van der Waals surface area contributed by atoms with Gasteiger partial charge in [-0.3, -0.25) is 4.79 Å². The van der Waals surface area contributed by atoms with Gasteiger partial charge in [0.25, 0.3) is 5.91 Å². The summed E-state index contributed by atoms with van der Waals surface area (Å²) in [5, 5.41) is 5.79. The Morgan fingerprint density at radius 3 is 2.06 bits per heavy atom. The van der Waals surface area contributed by atoms with Gasteiger partial charge in [-0.05, 0) is 53.8 Å². The topological polar surface area (TPSA) is 160 Å². The first-order valence-corrected chi connectivity index (χ1v) is 15.7. The number of hydrogen-bond donors (Lipinski definition) is 1. The van der Waals surface area contributed by atoms with Crippen LogP contribution in [-0.2, 0) is 30.3 Å². The molecule has 258 valence electrons. The number of unbranched alkanes of at least 4 members (excludes halogenated alkanes) is 1. The molecule has 3 aromatic carbocycles. The monoisotopic (exact) mass is 704 g/mol. The van der Waals surface area contributed by atoms with E-state index in [1.807, 2.05) is 42.5 Å². The summed E-state index contributed by atoms with van der Waals surface area (Å²) in [6, 6.07) is 15.0. The van der Waals surface area contributed by atoms with Gasteiger partial charge in [0.1, 0.15) is 35.2 Å². The van der Waals surface area contributed by atoms with E-state index in [-0.39, 0.29) is 28.6 Å². The number of hydrogen-bond acceptors (Lipinski definition) is 10. The Hall–Kier alpha value is -4.39. The van der Waals surface area contributed by atoms with Gasteiger partial charge >= 0.3 is 5.97 Å². The highest BCUT2D eigenvalue weighted by Crippen LogP contribution is 2.38. The summed E-state index contributed by atoms with van der Waals surface area (Å²) in [6.07, 6.45) is 1.60. The first-order valence-electron chi connectivity index (χ1n) is 15.0. The minimum Gasteiger partial charge on any atom is -0.496 e. The lowest BCUT2D eigenvalue weighted by atomic mass is 9.99. The number of ether oxygens (including phenoxy) is 6. The maximum Gasteiger partial charge on any atom is 0.328 e. The fourth-order valence-corrected chi connectivity index (χ4v) is 5.21. The van der Waals surface area contributed by atoms with E-state index in [0.29, 0.717) is 56.7 Å². The molecule has 1 amide bonds. The Labute approximate surface area is 288 Å². The van der Waals surface area contributed by atoms with E-state index in [2.05, 4.69) is 20.3 Å². The minimum absolute atomic E-state index is 0.0122. The molecule has 0 aliphatic heterocycles. The van der Waals surface area contributed by atoms with Crippen LogP contribution in [0.4, 0.5) is 0 Å². The van der Waals surface area contributed by atoms with Gasteiger partial charge < -0.3 is 38.6 Å². The van der Waals surface area contributed by atoms with Crippen molar-refractivity contribution >= 4 is 35.1 Å². The summed E-state index contributed by atoms with van der Waals surface area (Å²) in [5.74, 6) is 0.453. The lowest BCUT2D eigenvalue weighted by molar-refractivity contribution is -0.142. The van der Waals surface area contributed by atoms with Crippen molar-refractivity contribution in [3.05, 3.63) is 86.2 Å². The molecule has 0 saturated carbocycles. The smallest absolute Gasteiger partial charge is 0.328 e. The van der Waals surface area contributed by atoms with Gasteiger partial charge in [-0.1, -0.05) is 53.5 Å². The lowest BCUT2D eigenvalue weighted by Gasteiger charge is -2.18. The Bertz CT molecular complexity index is 1490. The van der Waals surface area contributed by atoms with Crippen LogP contribution < -0.4 is 19.5 Å². The normalized spacial score (nSPS) is 11.2. The first-order chi connectivity index (χ1) is 23.3. The molecule has 0 heterocycles. The number of benzene rings is 3. The molecule has 0 spiro atoms. The molecule has 0 bridgehead atoms. The van der Waals surface area contributed by atoms with E-state index in [9.17, 15) is 9.59 Å². The summed E-state index contributed by atoms with van der Waals surface area (Å²) >= 11 is 12.9. The standard InChI is InChI=1S/C33H38Cl2N4O9/c1-42-28-7-6-8-29(43-2)30(28)23-11-9-22(10-12-23)19-27(33(41)44-3)37-32(40)31-25(34)20-24(21-26(31)35)47-14-5-4-13-45-15-16-46-17-18-48-39-38-36/h6-12,20-21,27H,4-5,13-19H2,1-3H3,(H,37,40)/t27-/m0/s1. The molecular formula is C33H38Cl2N4O9. The van der Waals surface area contributed by atoms with Gasteiger partial charge in [0.05, 0.1) is 68.9 Å². The quantitative estimate of drug-likeness (QED) is 0.0321. The van der Waals surface area contributed by atoms with E-state index in [1.54, 1.807) is 14.2 Å². The summed E-state index contributed by atoms with van der Waals surface area (Å²) in [6.45, 7) is 2.17. The fraction of sp³-hybridized carbons (Fsp3) is 0.394. The summed E-state index contributed by atoms with van der Waals surface area (Å²) in [7, 11) is 4.43. The predicted octanol–water partition coefficient (Wildman–Crippen LogP) is 6.63. The molecule has 0 aliphatic carbocycles. The Kier molecular flexibility index (Phi) is 16.5. The number of halogens is 2. The van der Waals surface area contributed by atoms with Crippen LogP contribution in [0.15, 0.2) is 59.9 Å². The number of carbonyl (C=O) groups is 2. The third-order valence-electron chi connectivity index (χ3n) is 6.88. The van der Waals surface area contributed by atoms with Crippen molar-refractivity contribution in [3.63, 3.8) is 0 Å². The average Bonchev–Trinajstić information content (AvgIpc) is 3.09. The molecule has 3 rings (SSSR count). The molecular weight excluding hydrogens is 667 g/mol. The van der Waals surface area contributed by atoms with Crippen molar-refractivity contribution in [2.45, 2.75) is 25.3 Å². The summed E-state index contributed by atoms with van der Waals surface area (Å²) in [5.41, 5.74) is 10.5. The van der Waals surface area contributed by atoms with E-state index >= 15 is 0 Å². The molecule has 0 aliphatic rings. The van der Waals surface area contributed by atoms with Gasteiger partial charge in [-0.2, -0.15) is 0 Å². The van der Waals surface area contributed by atoms with Crippen molar-refractivity contribution in [2.24, 2.45) is 5.28 Å². The van der Waals surface area contributed by atoms with Crippen LogP contribution in [0.1, 0.15) is 28.8 Å². The zero-order valence-corrected chi connectivity index (χ0v) is 28.4. The maximum absolute atomic E-state index is 13.3. The largest absolute Gasteiger partial charge is 0.496 e. The number of azide groups is 1. The summed E-state index contributed by atoms with van der Waals surface area (Å²) in [4.78, 5) is 33.0. The molecule has 0 saturated heterocycles. The zero-order chi connectivity index (χ0) is 34.7. The zero-order valence-electron chi connectivity index (χ0n) is 26.9. The van der Waals surface area contributed by atoms with Crippen molar-refractivity contribution in [1.29, 1.82) is 0 Å². The molecule has 48 heavy (non-hydrogen) atoms. The van der Waals surface area contributed by atoms with Crippen LogP contribution in [0.25, 0.3) is 21.6 Å². The van der Waals surface area contributed by atoms with Crippen molar-refractivity contribution in [3.8, 4) is 28.4 Å². The van der Waals surface area contributed by atoms with Crippen LogP contribution in [0.5, 0.6) is 17.2 Å². The number of methoxy groups -OCH3 is 3. The SMILES string of the molecule is COC(=O)[C@H](Cc1ccc(-c2c(OC)cccc2OC)cc1)NC(=O)c1c(Cl)cc(OCCCCOCCOCCON=[N+]=[N-])cc1Cl. The maximum atomic E-state index is 13.3. The van der Waals surface area contributed by atoms with E-state index in [1.165, 1.54) is 19.2 Å². The first kappa shape index (κ1) is 38.1. The van der Waals surface area contributed by atoms with Gasteiger partial charge in [0, 0.05) is 17.9 Å². The fourth-order valence-electron chi connectivity index (χ4n) is 4.58. The van der Waals surface area contributed by atoms with Crippen molar-refractivity contribution in [1.82, 2.24) is 5.32 Å². The van der Waals surface area contributed by atoms with Gasteiger partial charge in [0.15, 0.2) is 0 Å². The number of amides is 1. The average molecular weight is 706 g/mol. The van der Waals surface area contributed by atoms with E-state index < -0.39 is 17.9 Å². The van der Waals surface area contributed by atoms with Crippen LogP contribution >= 0.6 is 23.2 Å². The third-order valence-corrected chi connectivity index (χ3v) is 7.48. The van der Waals surface area contributed by atoms with Crippen LogP contribution in [0, 0.1) is 0 Å². The molecule has 13 nitrogen and oxygen atoms in total. The van der Waals surface area contributed by atoms with E-state index in [4.69, 9.17) is 57.2 Å². The highest BCUT2D eigenvalue weighted by Gasteiger charge is 2.26. The van der Waals surface area contributed by atoms with Crippen LogP contribution in [0.2, 0.25) is 10.0 Å². The predicted molar refractivity (Wildman–Crippen MR) is 180 cm³/mol. The highest BCUT2D eigenvalue weighted by molar-refractivity contribution is 6.40. The van der Waals surface area contributed by atoms with Crippen LogP contribution in [-0.4, -0.2) is 78.9 Å². The molecule has 0 fully saturated rings. The Morgan fingerprint density at radius 2 is 1.46 bits per heavy atom. The van der Waals surface area contributed by atoms with Crippen molar-refractivity contribution in [2.75, 3.05) is 61.0 Å². The summed E-state index contributed by atoms with van der Waals surface area (Å²) < 4.78 is 32.5. The third kappa shape index (κ3) is 11.7. The second-order valence-corrected chi connectivity index (χ2v) is 10.8. The lowest BCUT2D eigenvalue weighted by Crippen LogP contribution is -2.43. The number of carbonyl (C=O) groups excluding carboxylic acids is 2. The Morgan fingerprint density at radius 1 is 0.854 bits per heavy atom. The molecule has 0 unspecified atom stereocenters. The second kappa shape index (κ2) is 20.8. The molecule has 1 N–H and O–H groups in total. The van der Waals surface area contributed by atoms with Crippen LogP contribution in [0.3, 0.4) is 0 Å². The number of rotatable bonds is 21. The van der Waals surface area contributed by atoms with Crippen molar-refractivity contribution < 1.29 is 42.8 Å². The number of esters is 1. The molecule has 0 aromatic heterocycles. The molecule has 3 aromatic rings. The van der Waals surface area contributed by atoms with E-state index in [0.717, 1.165) is 23.1 Å². The molecule has 1 atom stereocenters. The Balaban J connectivity index is 1.52. The molecule has 15 heteroatoms. The minimum atomic E-state index is -1.01. The highest BCUT2D eigenvalue weighted by atomic mass is 35.5.